The van der Waals surface area contributed by atoms with E-state index in [1.165, 1.54) is 12.4 Å². The predicted molar refractivity (Wildman–Crippen MR) is 70.8 cm³/mol. The number of carbonyl (C=O) groups is 1. The van der Waals surface area contributed by atoms with Crippen LogP contribution in [0.25, 0.3) is 0 Å². The van der Waals surface area contributed by atoms with E-state index < -0.39 is 0 Å². The summed E-state index contributed by atoms with van der Waals surface area (Å²) >= 11 is 11.5. The molecule has 0 bridgehead atoms. The van der Waals surface area contributed by atoms with Crippen LogP contribution in [0.3, 0.4) is 0 Å². The van der Waals surface area contributed by atoms with Gasteiger partial charge in [-0.05, 0) is 17.7 Å². The average molecular weight is 282 g/mol. The molecule has 2 rings (SSSR count). The number of halogens is 2. The molecule has 18 heavy (non-hydrogen) atoms. The molecule has 1 amide bonds. The smallest absolute Gasteiger partial charge is 0.229 e. The summed E-state index contributed by atoms with van der Waals surface area (Å²) in [6.07, 6.45) is 3.05. The van der Waals surface area contributed by atoms with Crippen LogP contribution in [0.4, 0.5) is 5.82 Å². The minimum atomic E-state index is -0.200. The lowest BCUT2D eigenvalue weighted by molar-refractivity contribution is -0.115. The van der Waals surface area contributed by atoms with Crippen molar-refractivity contribution in [3.63, 3.8) is 0 Å². The van der Waals surface area contributed by atoms with Gasteiger partial charge in [-0.25, -0.2) is 4.98 Å². The van der Waals surface area contributed by atoms with Gasteiger partial charge in [0.05, 0.1) is 18.8 Å². The SMILES string of the molecule is O=C(Cc1cccc(Cl)c1)Nc1cncc(Cl)n1. The molecular formula is C12H9Cl2N3O. The molecule has 1 aromatic heterocycles. The fourth-order valence-corrected chi connectivity index (χ4v) is 1.78. The summed E-state index contributed by atoms with van der Waals surface area (Å²) in [4.78, 5) is 19.5. The van der Waals surface area contributed by atoms with Gasteiger partial charge in [0, 0.05) is 5.02 Å². The number of amides is 1. The van der Waals surface area contributed by atoms with E-state index in [-0.39, 0.29) is 17.5 Å². The highest BCUT2D eigenvalue weighted by Crippen LogP contribution is 2.12. The van der Waals surface area contributed by atoms with Crippen molar-refractivity contribution in [3.8, 4) is 0 Å². The molecule has 0 atom stereocenters. The van der Waals surface area contributed by atoms with Gasteiger partial charge in [0.1, 0.15) is 5.15 Å². The van der Waals surface area contributed by atoms with E-state index in [9.17, 15) is 4.79 Å². The third-order valence-corrected chi connectivity index (χ3v) is 2.54. The molecule has 0 spiro atoms. The fourth-order valence-electron chi connectivity index (χ4n) is 1.42. The van der Waals surface area contributed by atoms with E-state index in [4.69, 9.17) is 23.2 Å². The largest absolute Gasteiger partial charge is 0.309 e. The normalized spacial score (nSPS) is 10.1. The highest BCUT2D eigenvalue weighted by Gasteiger charge is 2.06. The second kappa shape index (κ2) is 5.80. The molecule has 2 aromatic rings. The van der Waals surface area contributed by atoms with Gasteiger partial charge in [-0.2, -0.15) is 0 Å². The average Bonchev–Trinajstić information content (AvgIpc) is 2.28. The number of rotatable bonds is 3. The van der Waals surface area contributed by atoms with Crippen molar-refractivity contribution >= 4 is 34.9 Å². The Balaban J connectivity index is 2.01. The minimum absolute atomic E-state index is 0.200. The molecule has 1 aromatic carbocycles. The maximum atomic E-state index is 11.7. The second-order valence-corrected chi connectivity index (χ2v) is 4.41. The zero-order valence-corrected chi connectivity index (χ0v) is 10.7. The Morgan fingerprint density at radius 3 is 2.83 bits per heavy atom. The summed E-state index contributed by atoms with van der Waals surface area (Å²) in [5.74, 6) is 0.128. The van der Waals surface area contributed by atoms with Gasteiger partial charge in [0.2, 0.25) is 5.91 Å². The van der Waals surface area contributed by atoms with Crippen LogP contribution in [0.15, 0.2) is 36.7 Å². The van der Waals surface area contributed by atoms with E-state index in [1.54, 1.807) is 18.2 Å². The van der Waals surface area contributed by atoms with Crippen LogP contribution in [0.2, 0.25) is 10.2 Å². The number of hydrogen-bond donors (Lipinski definition) is 1. The molecule has 0 fully saturated rings. The molecule has 0 radical (unpaired) electrons. The second-order valence-electron chi connectivity index (χ2n) is 3.58. The molecule has 1 N–H and O–H groups in total. The summed E-state index contributed by atoms with van der Waals surface area (Å²) in [6, 6.07) is 7.12. The van der Waals surface area contributed by atoms with Crippen LogP contribution in [-0.2, 0) is 11.2 Å². The Morgan fingerprint density at radius 1 is 1.28 bits per heavy atom. The van der Waals surface area contributed by atoms with Gasteiger partial charge < -0.3 is 5.32 Å². The molecule has 0 aliphatic rings. The maximum Gasteiger partial charge on any atom is 0.229 e. The maximum absolute atomic E-state index is 11.7. The molecule has 0 saturated carbocycles. The number of hydrogen-bond acceptors (Lipinski definition) is 3. The molecule has 0 unspecified atom stereocenters. The fraction of sp³-hybridized carbons (Fsp3) is 0.0833. The topological polar surface area (TPSA) is 54.9 Å². The van der Waals surface area contributed by atoms with Crippen LogP contribution < -0.4 is 5.32 Å². The molecule has 0 saturated heterocycles. The summed E-state index contributed by atoms with van der Waals surface area (Å²) in [6.45, 7) is 0. The quantitative estimate of drug-likeness (QED) is 0.941. The van der Waals surface area contributed by atoms with E-state index >= 15 is 0 Å². The molecule has 1 heterocycles. The first-order chi connectivity index (χ1) is 8.63. The van der Waals surface area contributed by atoms with Crippen molar-refractivity contribution < 1.29 is 4.79 Å². The predicted octanol–water partition coefficient (Wildman–Crippen LogP) is 2.96. The van der Waals surface area contributed by atoms with Gasteiger partial charge in [-0.3, -0.25) is 9.78 Å². The standard InChI is InChI=1S/C12H9Cl2N3O/c13-9-3-1-2-8(4-9)5-12(18)17-11-7-15-6-10(14)16-11/h1-4,6-7H,5H2,(H,16,17,18). The van der Waals surface area contributed by atoms with E-state index in [0.717, 1.165) is 5.56 Å². The van der Waals surface area contributed by atoms with Crippen molar-refractivity contribution in [2.75, 3.05) is 5.32 Å². The highest BCUT2D eigenvalue weighted by atomic mass is 35.5. The zero-order valence-electron chi connectivity index (χ0n) is 9.23. The first kappa shape index (κ1) is 12.8. The van der Waals surface area contributed by atoms with Crippen LogP contribution in [0.1, 0.15) is 5.56 Å². The molecule has 0 aliphatic heterocycles. The first-order valence-corrected chi connectivity index (χ1v) is 5.91. The summed E-state index contributed by atoms with van der Waals surface area (Å²) in [5, 5.41) is 3.44. The van der Waals surface area contributed by atoms with Crippen molar-refractivity contribution in [2.24, 2.45) is 0 Å². The number of nitrogens with zero attached hydrogens (tertiary/aromatic N) is 2. The number of aromatic nitrogens is 2. The lowest BCUT2D eigenvalue weighted by Crippen LogP contribution is -2.15. The molecule has 4 nitrogen and oxygen atoms in total. The van der Waals surface area contributed by atoms with Crippen LogP contribution in [0.5, 0.6) is 0 Å². The van der Waals surface area contributed by atoms with Gasteiger partial charge in [0.15, 0.2) is 5.82 Å². The lowest BCUT2D eigenvalue weighted by atomic mass is 10.1. The number of nitrogens with one attached hydrogen (secondary N) is 1. The summed E-state index contributed by atoms with van der Waals surface area (Å²) in [7, 11) is 0. The molecule has 92 valence electrons. The monoisotopic (exact) mass is 281 g/mol. The van der Waals surface area contributed by atoms with E-state index in [2.05, 4.69) is 15.3 Å². The van der Waals surface area contributed by atoms with E-state index in [0.29, 0.717) is 10.8 Å². The Labute approximate surface area is 114 Å². The Hall–Kier alpha value is -1.65. The highest BCUT2D eigenvalue weighted by molar-refractivity contribution is 6.30. The third kappa shape index (κ3) is 3.68. The number of anilines is 1. The summed E-state index contributed by atoms with van der Waals surface area (Å²) < 4.78 is 0. The van der Waals surface area contributed by atoms with Crippen molar-refractivity contribution in [1.29, 1.82) is 0 Å². The lowest BCUT2D eigenvalue weighted by Gasteiger charge is -2.04. The number of benzene rings is 1. The van der Waals surface area contributed by atoms with Crippen LogP contribution >= 0.6 is 23.2 Å². The Kier molecular flexibility index (Phi) is 4.12. The van der Waals surface area contributed by atoms with Crippen molar-refractivity contribution in [2.45, 2.75) is 6.42 Å². The third-order valence-electron chi connectivity index (χ3n) is 2.13. The van der Waals surface area contributed by atoms with Gasteiger partial charge in [-0.15, -0.1) is 0 Å². The Morgan fingerprint density at radius 2 is 2.11 bits per heavy atom. The number of carbonyl (C=O) groups excluding carboxylic acids is 1. The summed E-state index contributed by atoms with van der Waals surface area (Å²) in [5.41, 5.74) is 0.829. The molecular weight excluding hydrogens is 273 g/mol. The van der Waals surface area contributed by atoms with Crippen molar-refractivity contribution in [3.05, 3.63) is 52.4 Å². The van der Waals surface area contributed by atoms with Gasteiger partial charge in [0.25, 0.3) is 0 Å². The molecule has 6 heteroatoms. The first-order valence-electron chi connectivity index (χ1n) is 5.15. The molecule has 0 aliphatic carbocycles. The minimum Gasteiger partial charge on any atom is -0.309 e. The van der Waals surface area contributed by atoms with Gasteiger partial charge in [-0.1, -0.05) is 35.3 Å². The van der Waals surface area contributed by atoms with Gasteiger partial charge >= 0.3 is 0 Å². The van der Waals surface area contributed by atoms with Crippen molar-refractivity contribution in [1.82, 2.24) is 9.97 Å². The van der Waals surface area contributed by atoms with Crippen LogP contribution in [-0.4, -0.2) is 15.9 Å². The Bertz CT molecular complexity index is 525. The van der Waals surface area contributed by atoms with Crippen LogP contribution in [0, 0.1) is 0 Å². The van der Waals surface area contributed by atoms with E-state index in [1.807, 2.05) is 6.07 Å². The zero-order chi connectivity index (χ0) is 13.0.